The lowest BCUT2D eigenvalue weighted by Crippen LogP contribution is -2.39. The second kappa shape index (κ2) is 8.48. The van der Waals surface area contributed by atoms with Crippen molar-refractivity contribution in [1.82, 2.24) is 15.2 Å². The molecule has 2 aliphatic heterocycles. The fourth-order valence-electron chi connectivity index (χ4n) is 3.53. The van der Waals surface area contributed by atoms with E-state index in [0.717, 1.165) is 5.69 Å². The summed E-state index contributed by atoms with van der Waals surface area (Å²) in [6.07, 6.45) is 5.66. The molecule has 3 rings (SSSR count). The van der Waals surface area contributed by atoms with Gasteiger partial charge in [-0.25, -0.2) is 4.98 Å². The molecule has 2 fully saturated rings. The number of rotatable bonds is 4. The van der Waals surface area contributed by atoms with Gasteiger partial charge in [-0.05, 0) is 38.5 Å². The van der Waals surface area contributed by atoms with Crippen LogP contribution in [0.2, 0.25) is 0 Å². The Morgan fingerprint density at radius 1 is 1.36 bits per heavy atom. The first kappa shape index (κ1) is 19.7. The number of hydrogen-bond donors (Lipinski definition) is 1. The molecule has 2 bridgehead atoms. The predicted molar refractivity (Wildman–Crippen MR) is 95.1 cm³/mol. The molecular weight excluding hydrogens is 341 g/mol. The van der Waals surface area contributed by atoms with Crippen LogP contribution in [-0.4, -0.2) is 34.9 Å². The number of piperidine rings is 1. The molecule has 1 amide bonds. The van der Waals surface area contributed by atoms with Crippen molar-refractivity contribution in [3.05, 3.63) is 16.1 Å². The number of nitrogens with one attached hydrogen (secondary N) is 1. The maximum Gasteiger partial charge on any atom is 0.222 e. The molecule has 4 nitrogen and oxygen atoms in total. The van der Waals surface area contributed by atoms with E-state index in [0.29, 0.717) is 31.0 Å². The molecule has 22 heavy (non-hydrogen) atoms. The number of carbonyl (C=O) groups is 1. The number of thiazole rings is 1. The third-order valence-corrected chi connectivity index (χ3v) is 5.61. The van der Waals surface area contributed by atoms with Gasteiger partial charge in [-0.1, -0.05) is 0 Å². The molecule has 2 saturated heterocycles. The van der Waals surface area contributed by atoms with Gasteiger partial charge in [-0.15, -0.1) is 36.2 Å². The Morgan fingerprint density at radius 3 is 2.55 bits per heavy atom. The summed E-state index contributed by atoms with van der Waals surface area (Å²) < 4.78 is 0. The molecule has 126 valence electrons. The number of aromatic nitrogens is 1. The zero-order valence-corrected chi connectivity index (χ0v) is 15.5. The molecule has 1 aromatic rings. The Labute approximate surface area is 148 Å². The molecule has 1 N–H and O–H groups in total. The van der Waals surface area contributed by atoms with Crippen LogP contribution in [0.4, 0.5) is 0 Å². The van der Waals surface area contributed by atoms with Crippen molar-refractivity contribution >= 4 is 42.1 Å². The first-order valence-electron chi connectivity index (χ1n) is 7.50. The van der Waals surface area contributed by atoms with Crippen LogP contribution in [0.1, 0.15) is 42.7 Å². The molecule has 0 radical (unpaired) electrons. The summed E-state index contributed by atoms with van der Waals surface area (Å²) in [7, 11) is 1.91. The highest BCUT2D eigenvalue weighted by Crippen LogP contribution is 2.33. The van der Waals surface area contributed by atoms with Crippen molar-refractivity contribution in [2.45, 2.75) is 57.7 Å². The van der Waals surface area contributed by atoms with E-state index < -0.39 is 0 Å². The number of amides is 1. The summed E-state index contributed by atoms with van der Waals surface area (Å²) in [5.74, 6) is 0.857. The maximum absolute atomic E-state index is 12.4. The summed E-state index contributed by atoms with van der Waals surface area (Å²) >= 11 is 1.64. The van der Waals surface area contributed by atoms with E-state index in [-0.39, 0.29) is 30.7 Å². The number of fused-ring (bicyclic) bond motifs is 2. The zero-order chi connectivity index (χ0) is 14.1. The molecule has 1 aromatic heterocycles. The van der Waals surface area contributed by atoms with E-state index in [9.17, 15) is 4.79 Å². The van der Waals surface area contributed by atoms with Gasteiger partial charge in [0.05, 0.1) is 17.7 Å². The molecule has 2 atom stereocenters. The Bertz CT molecular complexity index is 485. The fraction of sp³-hybridized carbons (Fsp3) is 0.733. The van der Waals surface area contributed by atoms with Gasteiger partial charge in [0.25, 0.3) is 0 Å². The van der Waals surface area contributed by atoms with Gasteiger partial charge in [0.2, 0.25) is 5.91 Å². The predicted octanol–water partition coefficient (Wildman–Crippen LogP) is 3.17. The van der Waals surface area contributed by atoms with Crippen LogP contribution in [0, 0.1) is 12.8 Å². The van der Waals surface area contributed by atoms with Gasteiger partial charge < -0.3 is 10.2 Å². The van der Waals surface area contributed by atoms with Crippen LogP contribution in [0.3, 0.4) is 0 Å². The molecule has 0 aromatic carbocycles. The van der Waals surface area contributed by atoms with Crippen molar-refractivity contribution < 1.29 is 4.79 Å². The Balaban J connectivity index is 0.00000121. The summed E-state index contributed by atoms with van der Waals surface area (Å²) in [5.41, 5.74) is 2.91. The van der Waals surface area contributed by atoms with Gasteiger partial charge in [-0.2, -0.15) is 0 Å². The molecule has 0 saturated carbocycles. The third kappa shape index (κ3) is 4.57. The number of hydrogen-bond acceptors (Lipinski definition) is 4. The van der Waals surface area contributed by atoms with Crippen LogP contribution in [0.15, 0.2) is 5.51 Å². The SMILES string of the molecule is Cc1ncsc1CN(C)C(=O)CC1CC2CCC(C1)N2.Cl.Cl. The second-order valence-electron chi connectivity index (χ2n) is 6.29. The normalized spacial score (nSPS) is 26.0. The van der Waals surface area contributed by atoms with Crippen LogP contribution in [-0.2, 0) is 11.3 Å². The zero-order valence-electron chi connectivity index (χ0n) is 13.1. The Hall–Kier alpha value is -0.360. The lowest BCUT2D eigenvalue weighted by atomic mass is 9.89. The molecule has 7 heteroatoms. The number of halogens is 2. The molecule has 0 spiro atoms. The quantitative estimate of drug-likeness (QED) is 0.890. The average molecular weight is 366 g/mol. The third-order valence-electron chi connectivity index (χ3n) is 4.69. The summed E-state index contributed by atoms with van der Waals surface area (Å²) in [6, 6.07) is 1.33. The fourth-order valence-corrected chi connectivity index (χ4v) is 4.36. The highest BCUT2D eigenvalue weighted by Gasteiger charge is 2.34. The van der Waals surface area contributed by atoms with E-state index in [1.165, 1.54) is 30.6 Å². The lowest BCUT2D eigenvalue weighted by Gasteiger charge is -2.29. The van der Waals surface area contributed by atoms with Gasteiger partial charge in [0.1, 0.15) is 0 Å². The lowest BCUT2D eigenvalue weighted by molar-refractivity contribution is -0.131. The van der Waals surface area contributed by atoms with Crippen molar-refractivity contribution in [3.63, 3.8) is 0 Å². The minimum atomic E-state index is 0. The van der Waals surface area contributed by atoms with Crippen LogP contribution < -0.4 is 5.32 Å². The Kier molecular flexibility index (Phi) is 7.59. The van der Waals surface area contributed by atoms with E-state index in [1.807, 2.05) is 24.4 Å². The van der Waals surface area contributed by atoms with Crippen LogP contribution >= 0.6 is 36.2 Å². The summed E-state index contributed by atoms with van der Waals surface area (Å²) in [4.78, 5) is 19.7. The highest BCUT2D eigenvalue weighted by atomic mass is 35.5. The molecular formula is C15H25Cl2N3OS. The van der Waals surface area contributed by atoms with Crippen molar-refractivity contribution in [1.29, 1.82) is 0 Å². The van der Waals surface area contributed by atoms with Gasteiger partial charge in [0.15, 0.2) is 0 Å². The van der Waals surface area contributed by atoms with Gasteiger partial charge in [0, 0.05) is 30.4 Å². The van der Waals surface area contributed by atoms with Crippen molar-refractivity contribution in [2.75, 3.05) is 7.05 Å². The van der Waals surface area contributed by atoms with Crippen molar-refractivity contribution in [2.24, 2.45) is 5.92 Å². The molecule has 0 aliphatic carbocycles. The topological polar surface area (TPSA) is 45.2 Å². The smallest absolute Gasteiger partial charge is 0.222 e. The van der Waals surface area contributed by atoms with Crippen molar-refractivity contribution in [3.8, 4) is 0 Å². The minimum Gasteiger partial charge on any atom is -0.341 e. The number of aryl methyl sites for hydroxylation is 1. The minimum absolute atomic E-state index is 0. The Morgan fingerprint density at radius 2 is 2.00 bits per heavy atom. The van der Waals surface area contributed by atoms with Crippen LogP contribution in [0.25, 0.3) is 0 Å². The average Bonchev–Trinajstić information content (AvgIpc) is 2.96. The number of nitrogens with zero attached hydrogens (tertiary/aromatic N) is 2. The molecule has 2 aliphatic rings. The van der Waals surface area contributed by atoms with Crippen LogP contribution in [0.5, 0.6) is 0 Å². The van der Waals surface area contributed by atoms with E-state index in [4.69, 9.17) is 0 Å². The van der Waals surface area contributed by atoms with Gasteiger partial charge >= 0.3 is 0 Å². The first-order valence-corrected chi connectivity index (χ1v) is 8.38. The van der Waals surface area contributed by atoms with E-state index in [1.54, 1.807) is 11.3 Å². The maximum atomic E-state index is 12.4. The largest absolute Gasteiger partial charge is 0.341 e. The highest BCUT2D eigenvalue weighted by molar-refractivity contribution is 7.09. The second-order valence-corrected chi connectivity index (χ2v) is 7.23. The van der Waals surface area contributed by atoms with E-state index in [2.05, 4.69) is 10.3 Å². The molecule has 2 unspecified atom stereocenters. The van der Waals surface area contributed by atoms with Gasteiger partial charge in [-0.3, -0.25) is 4.79 Å². The summed E-state index contributed by atoms with van der Waals surface area (Å²) in [6.45, 7) is 2.71. The standard InChI is InChI=1S/C15H23N3OS.2ClH/c1-10-14(20-9-16-10)8-18(2)15(19)7-11-5-12-3-4-13(6-11)17-12;;/h9,11-13,17H,3-8H2,1-2H3;2*1H. The molecule has 3 heterocycles. The number of carbonyl (C=O) groups excluding carboxylic acids is 1. The first-order chi connectivity index (χ1) is 9.61. The monoisotopic (exact) mass is 365 g/mol. The van der Waals surface area contributed by atoms with E-state index >= 15 is 0 Å². The summed E-state index contributed by atoms with van der Waals surface area (Å²) in [5, 5.41) is 3.64.